The van der Waals surface area contributed by atoms with Crippen molar-refractivity contribution in [3.8, 4) is 17.2 Å². The summed E-state index contributed by atoms with van der Waals surface area (Å²) < 4.78 is 21.9. The largest absolute Gasteiger partial charge is 0.493 e. The van der Waals surface area contributed by atoms with Gasteiger partial charge in [0.2, 0.25) is 5.75 Å². The van der Waals surface area contributed by atoms with E-state index in [4.69, 9.17) is 18.9 Å². The van der Waals surface area contributed by atoms with E-state index in [1.165, 1.54) is 18.4 Å². The Balaban J connectivity index is 1.39. The summed E-state index contributed by atoms with van der Waals surface area (Å²) in [6.45, 7) is 3.36. The van der Waals surface area contributed by atoms with Gasteiger partial charge in [0.1, 0.15) is 0 Å². The Morgan fingerprint density at radius 1 is 0.935 bits per heavy atom. The number of rotatable bonds is 11. The van der Waals surface area contributed by atoms with Crippen LogP contribution in [0, 0.1) is 5.92 Å². The monoisotopic (exact) mass is 429 g/mol. The molecule has 3 rings (SSSR count). The first kappa shape index (κ1) is 23.4. The van der Waals surface area contributed by atoms with Gasteiger partial charge in [0.15, 0.2) is 11.5 Å². The van der Waals surface area contributed by atoms with E-state index in [1.807, 2.05) is 12.1 Å². The number of hydrogen-bond donors (Lipinski definition) is 1. The molecule has 1 atom stereocenters. The van der Waals surface area contributed by atoms with Crippen LogP contribution in [0.4, 0.5) is 0 Å². The van der Waals surface area contributed by atoms with Crippen LogP contribution in [0.3, 0.4) is 0 Å². The molecular formula is C25H35NO5. The molecule has 0 aliphatic carbocycles. The number of nitrogens with zero attached hydrogens (tertiary/aromatic N) is 1. The molecule has 170 valence electrons. The topological polar surface area (TPSA) is 60.4 Å². The fourth-order valence-electron chi connectivity index (χ4n) is 4.20. The van der Waals surface area contributed by atoms with Crippen molar-refractivity contribution in [1.82, 2.24) is 4.90 Å². The summed E-state index contributed by atoms with van der Waals surface area (Å²) in [5.74, 6) is 2.48. The van der Waals surface area contributed by atoms with Crippen molar-refractivity contribution in [3.63, 3.8) is 0 Å². The van der Waals surface area contributed by atoms with Crippen LogP contribution in [0.25, 0.3) is 0 Å². The highest BCUT2D eigenvalue weighted by Gasteiger charge is 2.21. The minimum absolute atomic E-state index is 0.292. The van der Waals surface area contributed by atoms with Crippen LogP contribution in [-0.2, 0) is 17.8 Å². The Bertz CT molecular complexity index is 765. The van der Waals surface area contributed by atoms with Gasteiger partial charge in [0, 0.05) is 6.54 Å². The number of aliphatic hydroxyl groups excluding tert-OH is 1. The highest BCUT2D eigenvalue weighted by molar-refractivity contribution is 5.53. The molecule has 6 heteroatoms. The maximum absolute atomic E-state index is 10.4. The third kappa shape index (κ3) is 6.86. The molecule has 0 radical (unpaired) electrons. The number of hydrogen-bond acceptors (Lipinski definition) is 6. The van der Waals surface area contributed by atoms with Crippen LogP contribution in [0.15, 0.2) is 42.5 Å². The average molecular weight is 430 g/mol. The lowest BCUT2D eigenvalue weighted by molar-refractivity contribution is 0.00443. The van der Waals surface area contributed by atoms with Crippen LogP contribution < -0.4 is 14.2 Å². The van der Waals surface area contributed by atoms with E-state index in [9.17, 15) is 5.11 Å². The summed E-state index contributed by atoms with van der Waals surface area (Å²) in [4.78, 5) is 2.34. The molecule has 2 aromatic carbocycles. The minimum Gasteiger partial charge on any atom is -0.493 e. The van der Waals surface area contributed by atoms with Crippen LogP contribution in [0.2, 0.25) is 0 Å². The van der Waals surface area contributed by atoms with E-state index >= 15 is 0 Å². The molecule has 0 spiro atoms. The predicted molar refractivity (Wildman–Crippen MR) is 121 cm³/mol. The van der Waals surface area contributed by atoms with Crippen molar-refractivity contribution in [1.29, 1.82) is 0 Å². The normalized spacial score (nSPS) is 16.1. The van der Waals surface area contributed by atoms with Crippen LogP contribution in [0.1, 0.15) is 24.0 Å². The summed E-state index contributed by atoms with van der Waals surface area (Å²) in [5, 5.41) is 10.4. The first-order valence-corrected chi connectivity index (χ1v) is 10.9. The van der Waals surface area contributed by atoms with E-state index in [-0.39, 0.29) is 0 Å². The van der Waals surface area contributed by atoms with Gasteiger partial charge < -0.3 is 29.0 Å². The number of aliphatic hydroxyl groups is 1. The van der Waals surface area contributed by atoms with Gasteiger partial charge in [-0.2, -0.15) is 0 Å². The SMILES string of the molecule is COc1cc(COCC(O)CN2CCC(Cc3ccccc3)CC2)cc(OC)c1OC. The number of piperidine rings is 1. The number of ether oxygens (including phenoxy) is 4. The Morgan fingerprint density at radius 2 is 1.58 bits per heavy atom. The van der Waals surface area contributed by atoms with Crippen LogP contribution in [0.5, 0.6) is 17.2 Å². The lowest BCUT2D eigenvalue weighted by Gasteiger charge is -2.33. The maximum atomic E-state index is 10.4. The van der Waals surface area contributed by atoms with Crippen molar-refractivity contribution >= 4 is 0 Å². The second-order valence-corrected chi connectivity index (χ2v) is 8.14. The molecule has 6 nitrogen and oxygen atoms in total. The maximum Gasteiger partial charge on any atom is 0.203 e. The molecule has 0 bridgehead atoms. The molecule has 2 aromatic rings. The fraction of sp³-hybridized carbons (Fsp3) is 0.520. The van der Waals surface area contributed by atoms with E-state index in [1.54, 1.807) is 21.3 Å². The zero-order valence-corrected chi connectivity index (χ0v) is 18.9. The van der Waals surface area contributed by atoms with Crippen molar-refractivity contribution in [2.75, 3.05) is 47.6 Å². The lowest BCUT2D eigenvalue weighted by Crippen LogP contribution is -2.40. The molecule has 1 unspecified atom stereocenters. The summed E-state index contributed by atoms with van der Waals surface area (Å²) in [7, 11) is 4.76. The predicted octanol–water partition coefficient (Wildman–Crippen LogP) is 3.54. The zero-order chi connectivity index (χ0) is 22.1. The second-order valence-electron chi connectivity index (χ2n) is 8.14. The summed E-state index contributed by atoms with van der Waals surface area (Å²) in [6, 6.07) is 14.4. The van der Waals surface area contributed by atoms with Gasteiger partial charge in [-0.05, 0) is 61.5 Å². The number of β-amino-alcohol motifs (C(OH)–C–C–N with tert-alkyl or cyclic N) is 1. The zero-order valence-electron chi connectivity index (χ0n) is 18.9. The molecule has 1 N–H and O–H groups in total. The van der Waals surface area contributed by atoms with Gasteiger partial charge in [0.05, 0.1) is 40.6 Å². The summed E-state index contributed by atoms with van der Waals surface area (Å²) in [5.41, 5.74) is 2.32. The Morgan fingerprint density at radius 3 is 2.16 bits per heavy atom. The number of methoxy groups -OCH3 is 3. The highest BCUT2D eigenvalue weighted by atomic mass is 16.5. The standard InChI is InChI=1S/C25H35NO5/c1-28-23-14-21(15-24(29-2)25(23)30-3)17-31-18-22(27)16-26-11-9-20(10-12-26)13-19-7-5-4-6-8-19/h4-8,14-15,20,22,27H,9-13,16-18H2,1-3H3. The van der Waals surface area contributed by atoms with Crippen LogP contribution in [-0.4, -0.2) is 63.7 Å². The summed E-state index contributed by atoms with van der Waals surface area (Å²) in [6.07, 6.45) is 2.99. The Hall–Kier alpha value is -2.28. The highest BCUT2D eigenvalue weighted by Crippen LogP contribution is 2.38. The van der Waals surface area contributed by atoms with Gasteiger partial charge in [-0.3, -0.25) is 0 Å². The van der Waals surface area contributed by atoms with Gasteiger partial charge in [-0.25, -0.2) is 0 Å². The lowest BCUT2D eigenvalue weighted by atomic mass is 9.90. The van der Waals surface area contributed by atoms with E-state index in [0.717, 1.165) is 31.0 Å². The van der Waals surface area contributed by atoms with Gasteiger partial charge in [-0.1, -0.05) is 30.3 Å². The van der Waals surface area contributed by atoms with Crippen molar-refractivity contribution in [2.45, 2.75) is 32.0 Å². The van der Waals surface area contributed by atoms with Gasteiger partial charge in [0.25, 0.3) is 0 Å². The first-order valence-electron chi connectivity index (χ1n) is 10.9. The molecule has 31 heavy (non-hydrogen) atoms. The number of benzene rings is 2. The molecular weight excluding hydrogens is 394 g/mol. The smallest absolute Gasteiger partial charge is 0.203 e. The molecule has 1 fully saturated rings. The fourth-order valence-corrected chi connectivity index (χ4v) is 4.20. The molecule has 0 amide bonds. The minimum atomic E-state index is -0.507. The Kier molecular flexibility index (Phi) is 9.00. The van der Waals surface area contributed by atoms with Gasteiger partial charge in [-0.15, -0.1) is 0 Å². The molecule has 1 aliphatic rings. The van der Waals surface area contributed by atoms with Crippen molar-refractivity contribution in [2.24, 2.45) is 5.92 Å². The van der Waals surface area contributed by atoms with Gasteiger partial charge >= 0.3 is 0 Å². The Labute approximate surface area is 185 Å². The van der Waals surface area contributed by atoms with Crippen molar-refractivity contribution < 1.29 is 24.1 Å². The van der Waals surface area contributed by atoms with Crippen LogP contribution >= 0.6 is 0 Å². The number of likely N-dealkylation sites (tertiary alicyclic amines) is 1. The molecule has 0 aromatic heterocycles. The summed E-state index contributed by atoms with van der Waals surface area (Å²) >= 11 is 0. The quantitative estimate of drug-likeness (QED) is 0.590. The average Bonchev–Trinajstić information content (AvgIpc) is 2.80. The van der Waals surface area contributed by atoms with Crippen molar-refractivity contribution in [3.05, 3.63) is 53.6 Å². The first-order chi connectivity index (χ1) is 15.1. The second kappa shape index (κ2) is 11.9. The third-order valence-electron chi connectivity index (χ3n) is 5.85. The van der Waals surface area contributed by atoms with E-state index in [2.05, 4.69) is 35.2 Å². The molecule has 1 aliphatic heterocycles. The van der Waals surface area contributed by atoms with E-state index in [0.29, 0.717) is 37.0 Å². The third-order valence-corrected chi connectivity index (χ3v) is 5.85. The molecule has 1 saturated heterocycles. The molecule has 1 heterocycles. The van der Waals surface area contributed by atoms with E-state index < -0.39 is 6.10 Å². The molecule has 0 saturated carbocycles.